The highest BCUT2D eigenvalue weighted by Crippen LogP contribution is 2.24. The third-order valence-corrected chi connectivity index (χ3v) is 2.70. The maximum absolute atomic E-state index is 12.5. The molecule has 0 spiro atoms. The quantitative estimate of drug-likeness (QED) is 0.649. The molecule has 0 fully saturated rings. The lowest BCUT2D eigenvalue weighted by Crippen LogP contribution is -2.36. The number of imidazole rings is 1. The first-order chi connectivity index (χ1) is 9.80. The van der Waals surface area contributed by atoms with Gasteiger partial charge in [-0.3, -0.25) is 10.1 Å². The highest BCUT2D eigenvalue weighted by atomic mass is 19.4. The Morgan fingerprint density at radius 2 is 2.14 bits per heavy atom. The second-order valence-electron chi connectivity index (χ2n) is 4.28. The van der Waals surface area contributed by atoms with Gasteiger partial charge in [0.2, 0.25) is 5.95 Å². The molecule has 10 heteroatoms. The fourth-order valence-corrected chi connectivity index (χ4v) is 1.84. The van der Waals surface area contributed by atoms with Gasteiger partial charge in [0.05, 0.1) is 22.6 Å². The topological polar surface area (TPSA) is 95.3 Å². The van der Waals surface area contributed by atoms with Gasteiger partial charge in [-0.05, 0) is 6.07 Å². The Kier molecular flexibility index (Phi) is 3.98. The Bertz CT molecular complexity index is 656. The van der Waals surface area contributed by atoms with Crippen LogP contribution in [0.4, 0.5) is 24.8 Å². The first-order valence-corrected chi connectivity index (χ1v) is 5.87. The van der Waals surface area contributed by atoms with Crippen molar-refractivity contribution in [2.24, 2.45) is 0 Å². The number of non-ortho nitro benzene ring substituents is 1. The Morgan fingerprint density at radius 1 is 1.43 bits per heavy atom. The second-order valence-corrected chi connectivity index (χ2v) is 4.28. The summed E-state index contributed by atoms with van der Waals surface area (Å²) in [5.74, 6) is -0.100. The molecule has 114 valence electrons. The molecule has 7 nitrogen and oxygen atoms in total. The van der Waals surface area contributed by atoms with Gasteiger partial charge in [-0.2, -0.15) is 13.2 Å². The number of nitrogens with zero attached hydrogens (tertiary/aromatic N) is 3. The Hall–Kier alpha value is -2.36. The zero-order valence-corrected chi connectivity index (χ0v) is 10.6. The second kappa shape index (κ2) is 5.56. The van der Waals surface area contributed by atoms with E-state index < -0.39 is 24.3 Å². The summed E-state index contributed by atoms with van der Waals surface area (Å²) in [6.07, 6.45) is -4.46. The Labute approximate surface area is 116 Å². The molecule has 0 saturated carbocycles. The molecule has 0 radical (unpaired) electrons. The molecule has 0 aliphatic rings. The lowest BCUT2D eigenvalue weighted by Gasteiger charge is -2.22. The number of nitrogens with one attached hydrogen (secondary N) is 1. The number of halogens is 3. The number of benzene rings is 1. The van der Waals surface area contributed by atoms with E-state index in [0.717, 1.165) is 4.90 Å². The largest absolute Gasteiger partial charge is 0.406 e. The summed E-state index contributed by atoms with van der Waals surface area (Å²) in [5, 5.41) is 19.5. The van der Waals surface area contributed by atoms with Gasteiger partial charge in [-0.15, -0.1) is 0 Å². The van der Waals surface area contributed by atoms with Crippen LogP contribution in [0.25, 0.3) is 11.0 Å². The van der Waals surface area contributed by atoms with Gasteiger partial charge < -0.3 is 15.0 Å². The predicted molar refractivity (Wildman–Crippen MR) is 68.1 cm³/mol. The number of hydrogen-bond acceptors (Lipinski definition) is 5. The van der Waals surface area contributed by atoms with Gasteiger partial charge >= 0.3 is 6.18 Å². The number of alkyl halides is 3. The van der Waals surface area contributed by atoms with Crippen LogP contribution in [0.15, 0.2) is 18.2 Å². The molecule has 2 N–H and O–H groups in total. The van der Waals surface area contributed by atoms with Crippen LogP contribution in [0.2, 0.25) is 0 Å². The monoisotopic (exact) mass is 304 g/mol. The van der Waals surface area contributed by atoms with Crippen molar-refractivity contribution in [1.82, 2.24) is 9.97 Å². The minimum absolute atomic E-state index is 0.100. The smallest absolute Gasteiger partial charge is 0.395 e. The number of nitro groups is 1. The van der Waals surface area contributed by atoms with Crippen molar-refractivity contribution < 1.29 is 23.2 Å². The van der Waals surface area contributed by atoms with Crippen LogP contribution in [0.1, 0.15) is 0 Å². The molecule has 2 rings (SSSR count). The van der Waals surface area contributed by atoms with Gasteiger partial charge in [-0.1, -0.05) is 0 Å². The van der Waals surface area contributed by atoms with Crippen LogP contribution in [0.5, 0.6) is 0 Å². The summed E-state index contributed by atoms with van der Waals surface area (Å²) in [5.41, 5.74) is 0.368. The molecule has 0 saturated heterocycles. The minimum atomic E-state index is -4.46. The van der Waals surface area contributed by atoms with E-state index in [1.54, 1.807) is 0 Å². The van der Waals surface area contributed by atoms with E-state index in [1.807, 2.05) is 0 Å². The van der Waals surface area contributed by atoms with Gasteiger partial charge in [0.25, 0.3) is 5.69 Å². The molecule has 0 atom stereocenters. The van der Waals surface area contributed by atoms with Crippen molar-refractivity contribution in [1.29, 1.82) is 0 Å². The molecule has 0 amide bonds. The average Bonchev–Trinajstić information content (AvgIpc) is 2.79. The van der Waals surface area contributed by atoms with Crippen molar-refractivity contribution in [2.45, 2.75) is 6.18 Å². The molecular weight excluding hydrogens is 293 g/mol. The van der Waals surface area contributed by atoms with Crippen LogP contribution in [0, 0.1) is 10.1 Å². The summed E-state index contributed by atoms with van der Waals surface area (Å²) in [6, 6.07) is 3.75. The fourth-order valence-electron chi connectivity index (χ4n) is 1.84. The lowest BCUT2D eigenvalue weighted by atomic mass is 10.3. The fraction of sp³-hybridized carbons (Fsp3) is 0.364. The summed E-state index contributed by atoms with van der Waals surface area (Å²) in [6.45, 7) is -2.02. The molecule has 0 aliphatic heterocycles. The van der Waals surface area contributed by atoms with Gasteiger partial charge in [-0.25, -0.2) is 4.98 Å². The number of aromatic nitrogens is 2. The number of aliphatic hydroxyl groups excluding tert-OH is 1. The van der Waals surface area contributed by atoms with Crippen molar-refractivity contribution in [3.8, 4) is 0 Å². The first kappa shape index (κ1) is 15.0. The Balaban J connectivity index is 2.36. The zero-order chi connectivity index (χ0) is 15.6. The number of hydrogen-bond donors (Lipinski definition) is 2. The van der Waals surface area contributed by atoms with Crippen LogP contribution in [0.3, 0.4) is 0 Å². The standard InChI is InChI=1S/C11H11F3N4O3/c12-11(13,14)6-17(3-4-19)10-15-8-2-1-7(18(20)21)5-9(8)16-10/h1-2,5,19H,3-4,6H2,(H,15,16). The molecule has 2 aromatic rings. The van der Waals surface area contributed by atoms with E-state index in [1.165, 1.54) is 18.2 Å². The third kappa shape index (κ3) is 3.60. The highest BCUT2D eigenvalue weighted by molar-refractivity contribution is 5.80. The molecule has 1 aromatic heterocycles. The van der Waals surface area contributed by atoms with Crippen LogP contribution < -0.4 is 4.90 Å². The van der Waals surface area contributed by atoms with Gasteiger partial charge in [0, 0.05) is 18.7 Å². The van der Waals surface area contributed by atoms with E-state index in [2.05, 4.69) is 9.97 Å². The third-order valence-electron chi connectivity index (χ3n) is 2.70. The summed E-state index contributed by atoms with van der Waals surface area (Å²) in [4.78, 5) is 17.4. The van der Waals surface area contributed by atoms with E-state index in [9.17, 15) is 23.3 Å². The molecule has 21 heavy (non-hydrogen) atoms. The van der Waals surface area contributed by atoms with Gasteiger partial charge in [0.1, 0.15) is 6.54 Å². The van der Waals surface area contributed by atoms with E-state index in [-0.39, 0.29) is 23.7 Å². The minimum Gasteiger partial charge on any atom is -0.395 e. The molecule has 0 aliphatic carbocycles. The predicted octanol–water partition coefficient (Wildman–Crippen LogP) is 1.83. The number of rotatable bonds is 5. The van der Waals surface area contributed by atoms with Crippen molar-refractivity contribution in [3.63, 3.8) is 0 Å². The Morgan fingerprint density at radius 3 is 2.71 bits per heavy atom. The van der Waals surface area contributed by atoms with E-state index >= 15 is 0 Å². The lowest BCUT2D eigenvalue weighted by molar-refractivity contribution is -0.384. The average molecular weight is 304 g/mol. The van der Waals surface area contributed by atoms with Crippen molar-refractivity contribution >= 4 is 22.7 Å². The summed E-state index contributed by atoms with van der Waals surface area (Å²) < 4.78 is 37.5. The number of nitro benzene ring substituents is 1. The molecular formula is C11H11F3N4O3. The molecule has 1 aromatic carbocycles. The number of H-pyrrole nitrogens is 1. The van der Waals surface area contributed by atoms with E-state index in [4.69, 9.17) is 5.11 Å². The number of fused-ring (bicyclic) bond motifs is 1. The number of anilines is 1. The summed E-state index contributed by atoms with van der Waals surface area (Å²) in [7, 11) is 0. The van der Waals surface area contributed by atoms with Crippen LogP contribution in [-0.2, 0) is 0 Å². The number of aliphatic hydroxyl groups is 1. The first-order valence-electron chi connectivity index (χ1n) is 5.87. The molecule has 0 unspecified atom stereocenters. The molecule has 1 heterocycles. The number of aromatic amines is 1. The van der Waals surface area contributed by atoms with Crippen LogP contribution in [-0.4, -0.2) is 45.9 Å². The molecule has 0 bridgehead atoms. The van der Waals surface area contributed by atoms with Gasteiger partial charge in [0.15, 0.2) is 0 Å². The SMILES string of the molecule is O=[N+]([O-])c1ccc2nc(N(CCO)CC(F)(F)F)[nH]c2c1. The highest BCUT2D eigenvalue weighted by Gasteiger charge is 2.31. The maximum Gasteiger partial charge on any atom is 0.406 e. The maximum atomic E-state index is 12.5. The van der Waals surface area contributed by atoms with E-state index in [0.29, 0.717) is 5.52 Å². The summed E-state index contributed by atoms with van der Waals surface area (Å²) >= 11 is 0. The van der Waals surface area contributed by atoms with Crippen molar-refractivity contribution in [3.05, 3.63) is 28.3 Å². The van der Waals surface area contributed by atoms with Crippen molar-refractivity contribution in [2.75, 3.05) is 24.6 Å². The normalized spacial score (nSPS) is 11.8. The van der Waals surface area contributed by atoms with Crippen LogP contribution >= 0.6 is 0 Å². The zero-order valence-electron chi connectivity index (χ0n) is 10.6.